The molecule has 0 amide bonds. The number of rotatable bonds is 2. The Balaban J connectivity index is 2.43. The monoisotopic (exact) mass is 238 g/mol. The van der Waals surface area contributed by atoms with Gasteiger partial charge in [-0.15, -0.1) is 0 Å². The maximum Gasteiger partial charge on any atom is 0.241 e. The summed E-state index contributed by atoms with van der Waals surface area (Å²) in [6.45, 7) is 1.86. The summed E-state index contributed by atoms with van der Waals surface area (Å²) in [5.41, 5.74) is 1.56. The highest BCUT2D eigenvalue weighted by atomic mass is 32.2. The minimum atomic E-state index is -3.70. The van der Waals surface area contributed by atoms with Crippen LogP contribution in [0.2, 0.25) is 0 Å². The number of primary sulfonamides is 1. The Hall–Kier alpha value is -1.73. The van der Waals surface area contributed by atoms with Crippen molar-refractivity contribution in [2.24, 2.45) is 5.14 Å². The van der Waals surface area contributed by atoms with Crippen LogP contribution in [-0.2, 0) is 10.0 Å². The largest absolute Gasteiger partial charge is 0.259 e. The van der Waals surface area contributed by atoms with Crippen LogP contribution in [0, 0.1) is 6.92 Å². The summed E-state index contributed by atoms with van der Waals surface area (Å²) in [5, 5.41) is 8.88. The Morgan fingerprint density at radius 1 is 1.31 bits per heavy atom. The van der Waals surface area contributed by atoms with Gasteiger partial charge in [-0.05, 0) is 19.1 Å². The molecule has 0 aromatic carbocycles. The van der Waals surface area contributed by atoms with Gasteiger partial charge in [0.25, 0.3) is 0 Å². The molecule has 6 nitrogen and oxygen atoms in total. The lowest BCUT2D eigenvalue weighted by molar-refractivity contribution is 0.598. The summed E-state index contributed by atoms with van der Waals surface area (Å²) in [7, 11) is -3.70. The van der Waals surface area contributed by atoms with Crippen molar-refractivity contribution >= 4 is 10.0 Å². The molecule has 0 aliphatic rings. The Morgan fingerprint density at radius 2 is 2.06 bits per heavy atom. The standard InChI is InChI=1S/C9H10N4O2S/c1-7-2-3-8(4-11-7)13-6-9(5-12-13)16(10,14)15/h2-6H,1H3,(H2,10,14,15). The predicted octanol–water partition coefficient (Wildman–Crippen LogP) is 0.223. The highest BCUT2D eigenvalue weighted by molar-refractivity contribution is 7.89. The van der Waals surface area contributed by atoms with Gasteiger partial charge in [0.1, 0.15) is 4.90 Å². The van der Waals surface area contributed by atoms with Gasteiger partial charge in [0.15, 0.2) is 0 Å². The number of aryl methyl sites for hydroxylation is 1. The van der Waals surface area contributed by atoms with E-state index in [-0.39, 0.29) is 4.90 Å². The quantitative estimate of drug-likeness (QED) is 0.810. The molecule has 0 radical (unpaired) electrons. The van der Waals surface area contributed by atoms with Gasteiger partial charge in [0.05, 0.1) is 24.3 Å². The molecule has 2 N–H and O–H groups in total. The van der Waals surface area contributed by atoms with Crippen molar-refractivity contribution in [1.29, 1.82) is 0 Å². The second kappa shape index (κ2) is 3.69. The van der Waals surface area contributed by atoms with Crippen molar-refractivity contribution in [2.75, 3.05) is 0 Å². The molecule has 2 rings (SSSR count). The van der Waals surface area contributed by atoms with E-state index >= 15 is 0 Å². The maximum atomic E-state index is 11.0. The first-order chi connectivity index (χ1) is 7.47. The van der Waals surface area contributed by atoms with Crippen molar-refractivity contribution in [2.45, 2.75) is 11.8 Å². The first-order valence-corrected chi connectivity index (χ1v) is 6.02. The van der Waals surface area contributed by atoms with E-state index in [4.69, 9.17) is 5.14 Å². The molecule has 0 saturated carbocycles. The SMILES string of the molecule is Cc1ccc(-n2cc(S(N)(=O)=O)cn2)cn1. The third-order valence-corrected chi connectivity index (χ3v) is 2.92. The molecule has 0 aliphatic carbocycles. The lowest BCUT2D eigenvalue weighted by Gasteiger charge is -1.99. The third-order valence-electron chi connectivity index (χ3n) is 2.05. The van der Waals surface area contributed by atoms with Crippen LogP contribution in [0.5, 0.6) is 0 Å². The molecule has 2 aromatic rings. The molecule has 0 aliphatic heterocycles. The van der Waals surface area contributed by atoms with Crippen molar-refractivity contribution in [3.05, 3.63) is 36.4 Å². The number of nitrogens with two attached hydrogens (primary N) is 1. The van der Waals surface area contributed by atoms with E-state index in [2.05, 4.69) is 10.1 Å². The van der Waals surface area contributed by atoms with E-state index in [1.54, 1.807) is 12.3 Å². The topological polar surface area (TPSA) is 90.9 Å². The molecule has 7 heteroatoms. The molecule has 2 aromatic heterocycles. The van der Waals surface area contributed by atoms with Crippen LogP contribution in [0.3, 0.4) is 0 Å². The van der Waals surface area contributed by atoms with Gasteiger partial charge in [-0.2, -0.15) is 5.10 Å². The van der Waals surface area contributed by atoms with Gasteiger partial charge in [-0.1, -0.05) is 0 Å². The Morgan fingerprint density at radius 3 is 2.56 bits per heavy atom. The number of pyridine rings is 1. The normalized spacial score (nSPS) is 11.6. The molecule has 0 bridgehead atoms. The molecule has 0 unspecified atom stereocenters. The van der Waals surface area contributed by atoms with E-state index in [0.717, 1.165) is 5.69 Å². The first kappa shape index (κ1) is 10.8. The zero-order valence-electron chi connectivity index (χ0n) is 8.53. The Labute approximate surface area is 92.8 Å². The number of hydrogen-bond donors (Lipinski definition) is 1. The molecule has 0 saturated heterocycles. The minimum absolute atomic E-state index is 0.0203. The average Bonchev–Trinajstić information content (AvgIpc) is 2.67. The lowest BCUT2D eigenvalue weighted by atomic mass is 10.3. The highest BCUT2D eigenvalue weighted by Crippen LogP contribution is 2.10. The predicted molar refractivity (Wildman–Crippen MR) is 57.5 cm³/mol. The molecule has 84 valence electrons. The summed E-state index contributed by atoms with van der Waals surface area (Å²) >= 11 is 0. The molecule has 0 spiro atoms. The van der Waals surface area contributed by atoms with E-state index in [9.17, 15) is 8.42 Å². The zero-order chi connectivity index (χ0) is 11.8. The summed E-state index contributed by atoms with van der Waals surface area (Å²) in [4.78, 5) is 4.07. The molecule has 0 atom stereocenters. The molecule has 2 heterocycles. The molecular formula is C9H10N4O2S. The summed E-state index contributed by atoms with van der Waals surface area (Å²) in [6.07, 6.45) is 4.16. The smallest absolute Gasteiger partial charge is 0.241 e. The van der Waals surface area contributed by atoms with Crippen LogP contribution < -0.4 is 5.14 Å². The van der Waals surface area contributed by atoms with Crippen LogP contribution in [0.4, 0.5) is 0 Å². The van der Waals surface area contributed by atoms with Gasteiger partial charge < -0.3 is 0 Å². The minimum Gasteiger partial charge on any atom is -0.259 e. The molecule has 0 fully saturated rings. The third kappa shape index (κ3) is 2.10. The highest BCUT2D eigenvalue weighted by Gasteiger charge is 2.11. The number of aromatic nitrogens is 3. The van der Waals surface area contributed by atoms with Gasteiger partial charge in [0.2, 0.25) is 10.0 Å². The number of nitrogens with zero attached hydrogens (tertiary/aromatic N) is 3. The first-order valence-electron chi connectivity index (χ1n) is 4.47. The summed E-state index contributed by atoms with van der Waals surface area (Å²) in [5.74, 6) is 0. The number of sulfonamides is 1. The van der Waals surface area contributed by atoms with Crippen LogP contribution in [0.15, 0.2) is 35.6 Å². The summed E-state index contributed by atoms with van der Waals surface area (Å²) < 4.78 is 23.5. The van der Waals surface area contributed by atoms with E-state index in [0.29, 0.717) is 5.69 Å². The molecule has 16 heavy (non-hydrogen) atoms. The number of hydrogen-bond acceptors (Lipinski definition) is 4. The zero-order valence-corrected chi connectivity index (χ0v) is 9.35. The van der Waals surface area contributed by atoms with Crippen molar-refractivity contribution < 1.29 is 8.42 Å². The van der Waals surface area contributed by atoms with Crippen LogP contribution in [-0.4, -0.2) is 23.2 Å². The fourth-order valence-corrected chi connectivity index (χ4v) is 1.63. The van der Waals surface area contributed by atoms with E-state index < -0.39 is 10.0 Å². The van der Waals surface area contributed by atoms with Crippen LogP contribution in [0.25, 0.3) is 5.69 Å². The van der Waals surface area contributed by atoms with E-state index in [1.807, 2.05) is 13.0 Å². The second-order valence-electron chi connectivity index (χ2n) is 3.32. The van der Waals surface area contributed by atoms with Crippen molar-refractivity contribution in [3.8, 4) is 5.69 Å². The van der Waals surface area contributed by atoms with Gasteiger partial charge in [-0.3, -0.25) is 4.98 Å². The van der Waals surface area contributed by atoms with Gasteiger partial charge >= 0.3 is 0 Å². The fraction of sp³-hybridized carbons (Fsp3) is 0.111. The molecular weight excluding hydrogens is 228 g/mol. The van der Waals surface area contributed by atoms with E-state index in [1.165, 1.54) is 17.1 Å². The van der Waals surface area contributed by atoms with Crippen molar-refractivity contribution in [3.63, 3.8) is 0 Å². The van der Waals surface area contributed by atoms with Crippen LogP contribution >= 0.6 is 0 Å². The summed E-state index contributed by atoms with van der Waals surface area (Å²) in [6, 6.07) is 3.61. The lowest BCUT2D eigenvalue weighted by Crippen LogP contribution is -2.11. The second-order valence-corrected chi connectivity index (χ2v) is 4.88. The van der Waals surface area contributed by atoms with Crippen molar-refractivity contribution in [1.82, 2.24) is 14.8 Å². The van der Waals surface area contributed by atoms with Crippen LogP contribution in [0.1, 0.15) is 5.69 Å². The Bertz CT molecular complexity index is 601. The fourth-order valence-electron chi connectivity index (χ4n) is 1.19. The Kier molecular flexibility index (Phi) is 2.49. The van der Waals surface area contributed by atoms with Gasteiger partial charge in [0, 0.05) is 5.69 Å². The average molecular weight is 238 g/mol. The maximum absolute atomic E-state index is 11.0. The van der Waals surface area contributed by atoms with Gasteiger partial charge in [-0.25, -0.2) is 18.2 Å².